The maximum atomic E-state index is 12.1. The molecular formula is C16H23ClN2O2. The van der Waals surface area contributed by atoms with E-state index in [9.17, 15) is 9.90 Å². The van der Waals surface area contributed by atoms with Crippen molar-refractivity contribution >= 4 is 23.3 Å². The van der Waals surface area contributed by atoms with Crippen molar-refractivity contribution in [3.05, 3.63) is 28.3 Å². The van der Waals surface area contributed by atoms with Crippen molar-refractivity contribution in [1.29, 1.82) is 0 Å². The highest BCUT2D eigenvalue weighted by Crippen LogP contribution is 2.31. The van der Waals surface area contributed by atoms with E-state index in [2.05, 4.69) is 10.6 Å². The fourth-order valence-electron chi connectivity index (χ4n) is 2.63. The average Bonchev–Trinajstić information content (AvgIpc) is 2.43. The summed E-state index contributed by atoms with van der Waals surface area (Å²) in [5, 5.41) is 16.3. The number of halogens is 1. The second-order valence-corrected chi connectivity index (χ2v) is 6.06. The zero-order valence-corrected chi connectivity index (χ0v) is 13.4. The van der Waals surface area contributed by atoms with Crippen molar-refractivity contribution < 1.29 is 9.90 Å². The van der Waals surface area contributed by atoms with Crippen LogP contribution in [0.25, 0.3) is 0 Å². The van der Waals surface area contributed by atoms with Crippen LogP contribution in [0.1, 0.15) is 44.2 Å². The summed E-state index contributed by atoms with van der Waals surface area (Å²) in [4.78, 5) is 12.1. The van der Waals surface area contributed by atoms with Crippen LogP contribution < -0.4 is 10.6 Å². The summed E-state index contributed by atoms with van der Waals surface area (Å²) in [5.74, 6) is 0. The van der Waals surface area contributed by atoms with Crippen LogP contribution in [-0.4, -0.2) is 23.3 Å². The van der Waals surface area contributed by atoms with Crippen molar-refractivity contribution in [3.63, 3.8) is 0 Å². The van der Waals surface area contributed by atoms with Crippen LogP contribution in [0.3, 0.4) is 0 Å². The molecule has 2 rings (SSSR count). The van der Waals surface area contributed by atoms with E-state index in [4.69, 9.17) is 11.6 Å². The minimum absolute atomic E-state index is 0.290. The second-order valence-electron chi connectivity index (χ2n) is 5.65. The maximum absolute atomic E-state index is 12.1. The Bertz CT molecular complexity index is 527. The Kier molecular flexibility index (Phi) is 5.12. The number of nitrogens with one attached hydrogen (secondary N) is 2. The van der Waals surface area contributed by atoms with Gasteiger partial charge in [-0.05, 0) is 49.3 Å². The van der Waals surface area contributed by atoms with Gasteiger partial charge >= 0.3 is 6.03 Å². The van der Waals surface area contributed by atoms with E-state index in [-0.39, 0.29) is 6.03 Å². The summed E-state index contributed by atoms with van der Waals surface area (Å²) >= 11 is 6.21. The highest BCUT2D eigenvalue weighted by molar-refractivity contribution is 6.31. The zero-order valence-electron chi connectivity index (χ0n) is 12.6. The Morgan fingerprint density at radius 3 is 2.57 bits per heavy atom. The second kappa shape index (κ2) is 6.67. The molecule has 2 amide bonds. The van der Waals surface area contributed by atoms with E-state index in [1.807, 2.05) is 26.0 Å². The topological polar surface area (TPSA) is 61.4 Å². The van der Waals surface area contributed by atoms with Crippen LogP contribution in [0.4, 0.5) is 10.5 Å². The summed E-state index contributed by atoms with van der Waals surface area (Å²) in [6, 6.07) is 3.53. The van der Waals surface area contributed by atoms with Crippen molar-refractivity contribution in [3.8, 4) is 0 Å². The number of urea groups is 1. The molecule has 1 aliphatic carbocycles. The lowest BCUT2D eigenvalue weighted by Gasteiger charge is -2.36. The van der Waals surface area contributed by atoms with Gasteiger partial charge in [0.1, 0.15) is 0 Å². The van der Waals surface area contributed by atoms with E-state index in [0.717, 1.165) is 48.9 Å². The normalized spacial score (nSPS) is 16.2. The zero-order chi connectivity index (χ0) is 15.5. The van der Waals surface area contributed by atoms with Crippen LogP contribution in [0.2, 0.25) is 5.02 Å². The molecule has 116 valence electrons. The number of aliphatic hydroxyl groups is 1. The SMILES string of the molecule is CCc1ccc(Cl)c(CC)c1NC(=O)NCC1(O)CCC1. The number of rotatable bonds is 5. The largest absolute Gasteiger partial charge is 0.388 e. The summed E-state index contributed by atoms with van der Waals surface area (Å²) in [6.45, 7) is 4.35. The molecule has 4 nitrogen and oxygen atoms in total. The number of benzene rings is 1. The number of carbonyl (C=O) groups excluding carboxylic acids is 1. The van der Waals surface area contributed by atoms with Gasteiger partial charge in [-0.15, -0.1) is 0 Å². The van der Waals surface area contributed by atoms with E-state index < -0.39 is 5.60 Å². The molecule has 0 radical (unpaired) electrons. The quantitative estimate of drug-likeness (QED) is 0.779. The molecule has 0 saturated heterocycles. The van der Waals surface area contributed by atoms with Crippen molar-refractivity contribution in [2.45, 2.75) is 51.6 Å². The van der Waals surface area contributed by atoms with Crippen LogP contribution in [0, 0.1) is 0 Å². The minimum Gasteiger partial charge on any atom is -0.388 e. The Morgan fingerprint density at radius 2 is 2.05 bits per heavy atom. The lowest BCUT2D eigenvalue weighted by atomic mass is 9.80. The lowest BCUT2D eigenvalue weighted by Crippen LogP contribution is -2.48. The lowest BCUT2D eigenvalue weighted by molar-refractivity contribution is -0.0287. The van der Waals surface area contributed by atoms with Gasteiger partial charge in [-0.2, -0.15) is 0 Å². The maximum Gasteiger partial charge on any atom is 0.319 e. The van der Waals surface area contributed by atoms with Crippen LogP contribution >= 0.6 is 11.6 Å². The van der Waals surface area contributed by atoms with Gasteiger partial charge in [-0.25, -0.2) is 4.79 Å². The number of carbonyl (C=O) groups is 1. The number of anilines is 1. The Morgan fingerprint density at radius 1 is 1.33 bits per heavy atom. The first-order valence-corrected chi connectivity index (χ1v) is 7.94. The first-order valence-electron chi connectivity index (χ1n) is 7.56. The molecular weight excluding hydrogens is 288 g/mol. The summed E-state index contributed by atoms with van der Waals surface area (Å²) in [6.07, 6.45) is 4.11. The van der Waals surface area contributed by atoms with Gasteiger partial charge < -0.3 is 15.7 Å². The molecule has 0 aliphatic heterocycles. The van der Waals surface area contributed by atoms with Crippen LogP contribution in [0.5, 0.6) is 0 Å². The Labute approximate surface area is 130 Å². The summed E-state index contributed by atoms with van der Waals surface area (Å²) in [5.41, 5.74) is 2.10. The molecule has 21 heavy (non-hydrogen) atoms. The number of aryl methyl sites for hydroxylation is 1. The van der Waals surface area contributed by atoms with Gasteiger partial charge in [0.15, 0.2) is 0 Å². The van der Waals surface area contributed by atoms with E-state index in [1.54, 1.807) is 0 Å². The monoisotopic (exact) mass is 310 g/mol. The van der Waals surface area contributed by atoms with Crippen molar-refractivity contribution in [2.24, 2.45) is 0 Å². The first-order chi connectivity index (χ1) is 9.99. The fraction of sp³-hybridized carbons (Fsp3) is 0.562. The van der Waals surface area contributed by atoms with Gasteiger partial charge in [0.05, 0.1) is 11.3 Å². The van der Waals surface area contributed by atoms with Gasteiger partial charge in [0.25, 0.3) is 0 Å². The Balaban J connectivity index is 2.07. The smallest absolute Gasteiger partial charge is 0.319 e. The highest BCUT2D eigenvalue weighted by Gasteiger charge is 2.34. The van der Waals surface area contributed by atoms with E-state index in [0.29, 0.717) is 11.6 Å². The van der Waals surface area contributed by atoms with Gasteiger partial charge in [-0.1, -0.05) is 31.5 Å². The fourth-order valence-corrected chi connectivity index (χ4v) is 2.92. The van der Waals surface area contributed by atoms with Gasteiger partial charge in [0.2, 0.25) is 0 Å². The van der Waals surface area contributed by atoms with Crippen LogP contribution in [0.15, 0.2) is 12.1 Å². The summed E-state index contributed by atoms with van der Waals surface area (Å²) in [7, 11) is 0. The summed E-state index contributed by atoms with van der Waals surface area (Å²) < 4.78 is 0. The molecule has 1 fully saturated rings. The third kappa shape index (κ3) is 3.69. The third-order valence-corrected chi connectivity index (χ3v) is 4.53. The van der Waals surface area contributed by atoms with E-state index >= 15 is 0 Å². The third-order valence-electron chi connectivity index (χ3n) is 4.18. The van der Waals surface area contributed by atoms with Crippen molar-refractivity contribution in [1.82, 2.24) is 5.32 Å². The molecule has 1 aromatic carbocycles. The van der Waals surface area contributed by atoms with E-state index in [1.165, 1.54) is 0 Å². The van der Waals surface area contributed by atoms with Crippen LogP contribution in [-0.2, 0) is 12.8 Å². The number of hydrogen-bond acceptors (Lipinski definition) is 2. The standard InChI is InChI=1S/C16H23ClN2O2/c1-3-11-6-7-13(17)12(4-2)14(11)19-15(20)18-10-16(21)8-5-9-16/h6-7,21H,3-5,8-10H2,1-2H3,(H2,18,19,20). The molecule has 3 N–H and O–H groups in total. The van der Waals surface area contributed by atoms with Gasteiger partial charge in [0, 0.05) is 11.6 Å². The number of hydrogen-bond donors (Lipinski definition) is 3. The molecule has 5 heteroatoms. The van der Waals surface area contributed by atoms with Gasteiger partial charge in [-0.3, -0.25) is 0 Å². The molecule has 0 aromatic heterocycles. The predicted molar refractivity (Wildman–Crippen MR) is 86.0 cm³/mol. The highest BCUT2D eigenvalue weighted by atomic mass is 35.5. The average molecular weight is 311 g/mol. The predicted octanol–water partition coefficient (Wildman–Crippen LogP) is 3.50. The molecule has 0 spiro atoms. The molecule has 0 unspecified atom stereocenters. The molecule has 0 bridgehead atoms. The molecule has 1 saturated carbocycles. The molecule has 1 aromatic rings. The van der Waals surface area contributed by atoms with Crippen molar-refractivity contribution in [2.75, 3.05) is 11.9 Å². The molecule has 0 heterocycles. The molecule has 1 aliphatic rings. The number of amides is 2. The first kappa shape index (κ1) is 16.1. The molecule has 0 atom stereocenters. The Hall–Kier alpha value is -1.26. The minimum atomic E-state index is -0.715.